The molecule has 34 heavy (non-hydrogen) atoms. The summed E-state index contributed by atoms with van der Waals surface area (Å²) in [4.78, 5) is 17.5. The largest absolute Gasteiger partial charge is 0.433 e. The topological polar surface area (TPSA) is 71.2 Å². The van der Waals surface area contributed by atoms with Crippen LogP contribution in [0.3, 0.4) is 0 Å². The number of hydrogen-bond acceptors (Lipinski definition) is 4. The number of hydrogen-bond donors (Lipinski definition) is 1. The van der Waals surface area contributed by atoms with Gasteiger partial charge in [-0.2, -0.15) is 18.3 Å². The van der Waals surface area contributed by atoms with Crippen molar-refractivity contribution in [2.45, 2.75) is 44.6 Å². The van der Waals surface area contributed by atoms with Gasteiger partial charge in [-0.15, -0.1) is 0 Å². The van der Waals surface area contributed by atoms with Gasteiger partial charge in [0.1, 0.15) is 17.4 Å². The first kappa shape index (κ1) is 23.1. The van der Waals surface area contributed by atoms with Crippen molar-refractivity contribution in [3.63, 3.8) is 0 Å². The summed E-state index contributed by atoms with van der Waals surface area (Å²) in [6.07, 6.45) is -4.75. The van der Waals surface area contributed by atoms with Crippen LogP contribution in [0.4, 0.5) is 13.2 Å². The molecule has 0 spiro atoms. The fraction of sp³-hybridized carbons (Fsp3) is 0.348. The highest BCUT2D eigenvalue weighted by molar-refractivity contribution is 6.35. The van der Waals surface area contributed by atoms with Crippen molar-refractivity contribution in [3.8, 4) is 11.4 Å². The molecule has 0 radical (unpaired) electrons. The smallest absolute Gasteiger partial charge is 0.390 e. The number of nitrogens with zero attached hydrogens (tertiary/aromatic N) is 4. The first-order chi connectivity index (χ1) is 16.0. The summed E-state index contributed by atoms with van der Waals surface area (Å²) in [6, 6.07) is 6.35. The van der Waals surface area contributed by atoms with Crippen LogP contribution in [0.2, 0.25) is 10.0 Å². The molecular weight excluding hydrogens is 492 g/mol. The predicted octanol–water partition coefficient (Wildman–Crippen LogP) is 4.68. The number of alkyl halides is 3. The zero-order valence-electron chi connectivity index (χ0n) is 17.9. The Morgan fingerprint density at radius 3 is 2.68 bits per heavy atom. The normalized spacial score (nSPS) is 19.8. The summed E-state index contributed by atoms with van der Waals surface area (Å²) in [5, 5.41) is 16.5. The Hall–Kier alpha value is -2.62. The van der Waals surface area contributed by atoms with E-state index in [0.717, 1.165) is 17.3 Å². The molecule has 3 aromatic rings. The molecule has 0 saturated carbocycles. The van der Waals surface area contributed by atoms with Crippen LogP contribution in [0.5, 0.6) is 0 Å². The third kappa shape index (κ3) is 3.85. The molecule has 2 aromatic heterocycles. The van der Waals surface area contributed by atoms with Crippen LogP contribution in [-0.4, -0.2) is 43.3 Å². The predicted molar refractivity (Wildman–Crippen MR) is 120 cm³/mol. The van der Waals surface area contributed by atoms with Crippen LogP contribution in [0.15, 0.2) is 30.3 Å². The highest BCUT2D eigenvalue weighted by Crippen LogP contribution is 2.43. The van der Waals surface area contributed by atoms with Gasteiger partial charge in [0, 0.05) is 54.2 Å². The Labute approximate surface area is 202 Å². The minimum atomic E-state index is -4.61. The average molecular weight is 511 g/mol. The minimum absolute atomic E-state index is 0.0482. The Bertz CT molecular complexity index is 1310. The summed E-state index contributed by atoms with van der Waals surface area (Å²) >= 11 is 12.6. The van der Waals surface area contributed by atoms with Crippen LogP contribution < -0.4 is 0 Å². The highest BCUT2D eigenvalue weighted by atomic mass is 35.5. The monoisotopic (exact) mass is 510 g/mol. The molecule has 1 aliphatic carbocycles. The maximum atomic E-state index is 13.3. The second-order valence-corrected chi connectivity index (χ2v) is 9.33. The molecule has 0 fully saturated rings. The van der Waals surface area contributed by atoms with Crippen molar-refractivity contribution in [3.05, 3.63) is 68.5 Å². The first-order valence-corrected chi connectivity index (χ1v) is 11.4. The average Bonchev–Trinajstić information content (AvgIpc) is 3.30. The van der Waals surface area contributed by atoms with Crippen molar-refractivity contribution in [1.29, 1.82) is 0 Å². The zero-order valence-corrected chi connectivity index (χ0v) is 19.4. The molecule has 1 N–H and O–H groups in total. The van der Waals surface area contributed by atoms with E-state index in [2.05, 4.69) is 10.1 Å². The lowest BCUT2D eigenvalue weighted by molar-refractivity contribution is -0.141. The summed E-state index contributed by atoms with van der Waals surface area (Å²) < 4.78 is 41.7. The number of carbonyl (C=O) groups excluding carboxylic acids is 1. The molecule has 178 valence electrons. The van der Waals surface area contributed by atoms with Crippen molar-refractivity contribution in [2.75, 3.05) is 6.54 Å². The first-order valence-electron chi connectivity index (χ1n) is 10.6. The molecule has 11 heteroatoms. The number of fused-ring (bicyclic) bond motifs is 2. The standard InChI is InChI=1S/C23H19Cl2F3N4O2/c1-11(33)31-6-5-18-15(10-31)21(17-3-2-4-20(29-17)23(26,27)28)30-32(18)22-14-7-12(24)8-16(25)13(14)9-19(22)34/h2-4,7-8,19,22,34H,5-6,9-10H2,1H3/t19-,22?/m1/s1. The van der Waals surface area contributed by atoms with Gasteiger partial charge in [0.15, 0.2) is 0 Å². The van der Waals surface area contributed by atoms with Gasteiger partial charge in [0.25, 0.3) is 0 Å². The lowest BCUT2D eigenvalue weighted by atomic mass is 10.0. The van der Waals surface area contributed by atoms with Crippen LogP contribution in [-0.2, 0) is 30.4 Å². The molecule has 1 aromatic carbocycles. The summed E-state index contributed by atoms with van der Waals surface area (Å²) in [7, 11) is 0. The number of halogens is 5. The third-order valence-corrected chi connectivity index (χ3v) is 6.92. The van der Waals surface area contributed by atoms with Crippen molar-refractivity contribution < 1.29 is 23.1 Å². The summed E-state index contributed by atoms with van der Waals surface area (Å²) in [6.45, 7) is 2.05. The van der Waals surface area contributed by atoms with Crippen molar-refractivity contribution in [1.82, 2.24) is 19.7 Å². The molecule has 1 aliphatic heterocycles. The second-order valence-electron chi connectivity index (χ2n) is 8.49. The molecule has 6 nitrogen and oxygen atoms in total. The number of aliphatic hydroxyl groups excluding tert-OH is 1. The summed E-state index contributed by atoms with van der Waals surface area (Å²) in [5.41, 5.74) is 2.09. The maximum absolute atomic E-state index is 13.3. The number of aromatic nitrogens is 3. The van der Waals surface area contributed by atoms with Gasteiger partial charge < -0.3 is 10.0 Å². The third-order valence-electron chi connectivity index (χ3n) is 6.37. The van der Waals surface area contributed by atoms with E-state index in [9.17, 15) is 23.1 Å². The fourth-order valence-electron chi connectivity index (χ4n) is 4.80. The number of carbonyl (C=O) groups is 1. The maximum Gasteiger partial charge on any atom is 0.433 e. The number of amides is 1. The molecule has 0 saturated heterocycles. The molecule has 5 rings (SSSR count). The Morgan fingerprint density at radius 1 is 1.21 bits per heavy atom. The van der Waals surface area contributed by atoms with E-state index < -0.39 is 24.0 Å². The van der Waals surface area contributed by atoms with Gasteiger partial charge >= 0.3 is 6.18 Å². The van der Waals surface area contributed by atoms with E-state index in [4.69, 9.17) is 23.2 Å². The zero-order chi connectivity index (χ0) is 24.4. The van der Waals surface area contributed by atoms with Crippen LogP contribution >= 0.6 is 23.2 Å². The number of pyridine rings is 1. The number of aliphatic hydroxyl groups is 1. The number of rotatable bonds is 2. The number of benzene rings is 1. The van der Waals surface area contributed by atoms with Gasteiger partial charge in [-0.3, -0.25) is 9.48 Å². The van der Waals surface area contributed by atoms with Gasteiger partial charge in [-0.05, 0) is 35.4 Å². The summed E-state index contributed by atoms with van der Waals surface area (Å²) in [5.74, 6) is -0.147. The molecular formula is C23H19Cl2F3N4O2. The van der Waals surface area contributed by atoms with Crippen LogP contribution in [0.1, 0.15) is 41.0 Å². The van der Waals surface area contributed by atoms with Gasteiger partial charge in [-0.1, -0.05) is 29.3 Å². The molecule has 1 unspecified atom stereocenters. The molecule has 2 atom stereocenters. The molecule has 2 aliphatic rings. The van der Waals surface area contributed by atoms with E-state index in [-0.39, 0.29) is 23.8 Å². The fourth-order valence-corrected chi connectivity index (χ4v) is 5.39. The minimum Gasteiger partial charge on any atom is -0.390 e. The van der Waals surface area contributed by atoms with Gasteiger partial charge in [-0.25, -0.2) is 4.98 Å². The Morgan fingerprint density at radius 2 is 1.97 bits per heavy atom. The lowest BCUT2D eigenvalue weighted by Crippen LogP contribution is -2.35. The van der Waals surface area contributed by atoms with Gasteiger partial charge in [0.05, 0.1) is 11.8 Å². The van der Waals surface area contributed by atoms with Gasteiger partial charge in [0.2, 0.25) is 5.91 Å². The van der Waals surface area contributed by atoms with Crippen LogP contribution in [0.25, 0.3) is 11.4 Å². The van der Waals surface area contributed by atoms with E-state index >= 15 is 0 Å². The Balaban J connectivity index is 1.69. The van der Waals surface area contributed by atoms with E-state index in [1.54, 1.807) is 21.7 Å². The SMILES string of the molecule is CC(=O)N1CCc2c(c(-c3cccc(C(F)(F)F)n3)nn2C2c3cc(Cl)cc(Cl)c3C[C@H]2O)C1. The molecule has 0 bridgehead atoms. The quantitative estimate of drug-likeness (QED) is 0.543. The van der Waals surface area contributed by atoms with Crippen molar-refractivity contribution in [2.24, 2.45) is 0 Å². The second kappa shape index (κ2) is 8.25. The lowest BCUT2D eigenvalue weighted by Gasteiger charge is -2.28. The van der Waals surface area contributed by atoms with Crippen LogP contribution in [0, 0.1) is 0 Å². The molecule has 3 heterocycles. The van der Waals surface area contributed by atoms with Crippen molar-refractivity contribution >= 4 is 29.1 Å². The Kier molecular flexibility index (Phi) is 5.61. The van der Waals surface area contributed by atoms with E-state index in [1.807, 2.05) is 0 Å². The molecule has 1 amide bonds. The van der Waals surface area contributed by atoms with E-state index in [1.165, 1.54) is 19.1 Å². The van der Waals surface area contributed by atoms with E-state index in [0.29, 0.717) is 40.6 Å². The highest BCUT2D eigenvalue weighted by Gasteiger charge is 2.39.